The highest BCUT2D eigenvalue weighted by Gasteiger charge is 2.37. The van der Waals surface area contributed by atoms with Crippen molar-refractivity contribution in [2.45, 2.75) is 19.3 Å². The highest BCUT2D eigenvalue weighted by molar-refractivity contribution is 6.17. The normalized spacial score (nSPS) is 13.5. The summed E-state index contributed by atoms with van der Waals surface area (Å²) in [5.41, 5.74) is 21.0. The van der Waals surface area contributed by atoms with Gasteiger partial charge >= 0.3 is 0 Å². The highest BCUT2D eigenvalue weighted by Crippen LogP contribution is 2.54. The van der Waals surface area contributed by atoms with Gasteiger partial charge in [-0.1, -0.05) is 153 Å². The molecule has 1 aliphatic carbocycles. The molecule has 13 aromatic rings. The Kier molecular flexibility index (Phi) is 8.38. The van der Waals surface area contributed by atoms with Gasteiger partial charge in [0.1, 0.15) is 0 Å². The summed E-state index contributed by atoms with van der Waals surface area (Å²) in [6.45, 7) is 4.76. The van der Waals surface area contributed by atoms with Crippen molar-refractivity contribution in [3.8, 4) is 33.6 Å². The minimum Gasteiger partial charge on any atom is -0.310 e. The van der Waals surface area contributed by atoms with Crippen molar-refractivity contribution in [1.82, 2.24) is 9.13 Å². The van der Waals surface area contributed by atoms with Gasteiger partial charge in [-0.3, -0.25) is 0 Å². The van der Waals surface area contributed by atoms with Crippen molar-refractivity contribution in [1.29, 1.82) is 0 Å². The quantitative estimate of drug-likeness (QED) is 0.175. The Morgan fingerprint density at radius 1 is 0.296 bits per heavy atom. The SMILES string of the molecule is CC1(C)c2ccc3cc2-c2cc(ccc21)N(c1cccc2c1c1ccccc1n2-c1ccccc1)c1cccc(c1)-c1cccc(c1)N3c1ccc2c3ccccc3n(-c3cccc4ccccc34)c2c1. The maximum Gasteiger partial charge on any atom is 0.0562 e. The van der Waals surface area contributed by atoms with Crippen LogP contribution in [0, 0.1) is 0 Å². The first-order chi connectivity index (χ1) is 35.0. The fourth-order valence-corrected chi connectivity index (χ4v) is 12.3. The number of hydrogen-bond acceptors (Lipinski definition) is 2. The molecule has 0 saturated heterocycles. The summed E-state index contributed by atoms with van der Waals surface area (Å²) in [5.74, 6) is 0. The predicted octanol–water partition coefficient (Wildman–Crippen LogP) is 18.3. The van der Waals surface area contributed by atoms with Gasteiger partial charge in [-0.15, -0.1) is 0 Å². The summed E-state index contributed by atoms with van der Waals surface area (Å²) in [4.78, 5) is 4.96. The molecule has 0 fully saturated rings. The Morgan fingerprint density at radius 2 is 0.789 bits per heavy atom. The zero-order valence-electron chi connectivity index (χ0n) is 39.4. The standard InChI is InChI=1S/C67H46N4/c1-67(2)58-36-33-49-40-56(58)57-41-50(34-37-59(57)67)69(63-30-15-31-64-66(63)55-26-9-11-28-62(55)70(64)46-20-4-3-5-21-46)48-23-13-19-45(39-48)44-18-12-22-47(38-44)68(49)51-32-35-54-53-25-8-10-27-61(53)71(65(54)42-51)60-29-14-17-43-16-6-7-24-52(43)60/h3-42H,1-2H3. The molecule has 71 heavy (non-hydrogen) atoms. The first kappa shape index (κ1) is 39.8. The number of rotatable bonds is 4. The van der Waals surface area contributed by atoms with Crippen molar-refractivity contribution in [3.63, 3.8) is 0 Å². The summed E-state index contributed by atoms with van der Waals surface area (Å²) >= 11 is 0. The molecule has 334 valence electrons. The van der Waals surface area contributed by atoms with E-state index in [0.717, 1.165) is 50.9 Å². The zero-order valence-corrected chi connectivity index (χ0v) is 39.4. The number of nitrogens with zero attached hydrogens (tertiary/aromatic N) is 4. The average molecular weight is 907 g/mol. The summed E-state index contributed by atoms with van der Waals surface area (Å²) in [6.07, 6.45) is 0. The topological polar surface area (TPSA) is 16.3 Å². The van der Waals surface area contributed by atoms with Crippen LogP contribution in [0.4, 0.5) is 34.1 Å². The Bertz CT molecular complexity index is 4340. The Labute approximate surface area is 412 Å². The molecule has 2 aromatic heterocycles. The Balaban J connectivity index is 0.983. The van der Waals surface area contributed by atoms with Gasteiger partial charge in [-0.05, 0) is 142 Å². The summed E-state index contributed by atoms with van der Waals surface area (Å²) < 4.78 is 4.88. The molecule has 0 radical (unpaired) electrons. The van der Waals surface area contributed by atoms with Crippen LogP contribution in [-0.2, 0) is 5.41 Å². The van der Waals surface area contributed by atoms with Crippen LogP contribution in [-0.4, -0.2) is 9.13 Å². The first-order valence-electron chi connectivity index (χ1n) is 24.7. The van der Waals surface area contributed by atoms with Crippen LogP contribution in [0.3, 0.4) is 0 Å². The van der Waals surface area contributed by atoms with Gasteiger partial charge < -0.3 is 18.9 Å². The minimum atomic E-state index is -0.202. The molecule has 0 atom stereocenters. The summed E-state index contributed by atoms with van der Waals surface area (Å²) in [6, 6.07) is 90.3. The van der Waals surface area contributed by atoms with Gasteiger partial charge in [0, 0.05) is 66.5 Å². The molecule has 15 rings (SSSR count). The number of para-hydroxylation sites is 3. The molecule has 1 aliphatic heterocycles. The fourth-order valence-electron chi connectivity index (χ4n) is 12.3. The number of benzene rings is 11. The van der Waals surface area contributed by atoms with E-state index in [9.17, 15) is 0 Å². The van der Waals surface area contributed by atoms with E-state index in [1.54, 1.807) is 0 Å². The minimum absolute atomic E-state index is 0.202. The Morgan fingerprint density at radius 3 is 1.54 bits per heavy atom. The van der Waals surface area contributed by atoms with E-state index in [0.29, 0.717) is 0 Å². The zero-order chi connectivity index (χ0) is 47.0. The van der Waals surface area contributed by atoms with E-state index in [-0.39, 0.29) is 5.41 Å². The van der Waals surface area contributed by atoms with Gasteiger partial charge in [0.2, 0.25) is 0 Å². The molecule has 2 aliphatic rings. The molecule has 0 unspecified atom stereocenters. The number of aromatic nitrogens is 2. The number of hydrogen-bond donors (Lipinski definition) is 0. The lowest BCUT2D eigenvalue weighted by atomic mass is 9.82. The third-order valence-electron chi connectivity index (χ3n) is 15.6. The summed E-state index contributed by atoms with van der Waals surface area (Å²) in [5, 5.41) is 7.36. The van der Waals surface area contributed by atoms with Crippen LogP contribution < -0.4 is 9.80 Å². The van der Waals surface area contributed by atoms with E-state index in [4.69, 9.17) is 0 Å². The highest BCUT2D eigenvalue weighted by atomic mass is 15.2. The maximum atomic E-state index is 2.49. The second-order valence-electron chi connectivity index (χ2n) is 19.8. The first-order valence-corrected chi connectivity index (χ1v) is 24.7. The second-order valence-corrected chi connectivity index (χ2v) is 19.8. The van der Waals surface area contributed by atoms with E-state index >= 15 is 0 Å². The van der Waals surface area contributed by atoms with Crippen molar-refractivity contribution in [2.75, 3.05) is 9.80 Å². The van der Waals surface area contributed by atoms with Crippen LogP contribution >= 0.6 is 0 Å². The van der Waals surface area contributed by atoms with E-state index in [1.165, 1.54) is 82.3 Å². The lowest BCUT2D eigenvalue weighted by Crippen LogP contribution is -2.16. The molecule has 8 bridgehead atoms. The van der Waals surface area contributed by atoms with E-state index in [1.807, 2.05) is 0 Å². The molecule has 4 nitrogen and oxygen atoms in total. The van der Waals surface area contributed by atoms with Gasteiger partial charge in [-0.25, -0.2) is 0 Å². The molecule has 0 saturated carbocycles. The predicted molar refractivity (Wildman–Crippen MR) is 299 cm³/mol. The van der Waals surface area contributed by atoms with Gasteiger partial charge in [0.15, 0.2) is 0 Å². The summed E-state index contributed by atoms with van der Waals surface area (Å²) in [7, 11) is 0. The van der Waals surface area contributed by atoms with E-state index in [2.05, 4.69) is 275 Å². The number of anilines is 6. The maximum absolute atomic E-state index is 2.49. The van der Waals surface area contributed by atoms with Gasteiger partial charge in [0.25, 0.3) is 0 Å². The van der Waals surface area contributed by atoms with Gasteiger partial charge in [-0.2, -0.15) is 0 Å². The smallest absolute Gasteiger partial charge is 0.0562 e. The molecule has 0 spiro atoms. The van der Waals surface area contributed by atoms with Crippen molar-refractivity contribution in [2.24, 2.45) is 0 Å². The van der Waals surface area contributed by atoms with Crippen LogP contribution in [0.2, 0.25) is 0 Å². The van der Waals surface area contributed by atoms with Gasteiger partial charge in [0.05, 0.1) is 33.4 Å². The number of fused-ring (bicyclic) bond motifs is 14. The van der Waals surface area contributed by atoms with Crippen molar-refractivity contribution >= 4 is 88.5 Å². The van der Waals surface area contributed by atoms with Crippen molar-refractivity contribution in [3.05, 3.63) is 254 Å². The molecular weight excluding hydrogens is 861 g/mol. The Hall–Kier alpha value is -9.12. The van der Waals surface area contributed by atoms with Crippen LogP contribution in [0.25, 0.3) is 88.0 Å². The third kappa shape index (κ3) is 5.79. The molecule has 0 amide bonds. The van der Waals surface area contributed by atoms with Crippen molar-refractivity contribution < 1.29 is 0 Å². The van der Waals surface area contributed by atoms with E-state index < -0.39 is 0 Å². The molecule has 11 aromatic carbocycles. The van der Waals surface area contributed by atoms with Crippen LogP contribution in [0.15, 0.2) is 243 Å². The lowest BCUT2D eigenvalue weighted by Gasteiger charge is -2.29. The fraction of sp³-hybridized carbons (Fsp3) is 0.0448. The average Bonchev–Trinajstić information content (AvgIpc) is 4.01. The molecule has 4 heteroatoms. The van der Waals surface area contributed by atoms with Crippen LogP contribution in [0.5, 0.6) is 0 Å². The lowest BCUT2D eigenvalue weighted by molar-refractivity contribution is 0.660. The second kappa shape index (κ2) is 14.9. The van der Waals surface area contributed by atoms with Crippen LogP contribution in [0.1, 0.15) is 25.0 Å². The monoisotopic (exact) mass is 906 g/mol. The largest absolute Gasteiger partial charge is 0.310 e. The third-order valence-corrected chi connectivity index (χ3v) is 15.6. The molecule has 0 N–H and O–H groups in total. The molecular formula is C67H46N4. The molecule has 3 heterocycles.